The van der Waals surface area contributed by atoms with Crippen LogP contribution in [0.4, 0.5) is 5.69 Å². The number of methoxy groups -OCH3 is 1. The van der Waals surface area contributed by atoms with Gasteiger partial charge in [-0.25, -0.2) is 0 Å². The van der Waals surface area contributed by atoms with Gasteiger partial charge in [0.1, 0.15) is 15.8 Å². The van der Waals surface area contributed by atoms with Crippen LogP contribution < -0.4 is 15.8 Å². The maximum atomic E-state index is 6.18. The second kappa shape index (κ2) is 9.12. The van der Waals surface area contributed by atoms with E-state index < -0.39 is 0 Å². The zero-order valence-corrected chi connectivity index (χ0v) is 18.5. The van der Waals surface area contributed by atoms with E-state index in [2.05, 4.69) is 33.7 Å². The number of anilines is 1. The largest absolute Gasteiger partial charge is 0.489 e. The fraction of sp³-hybridized carbons (Fsp3) is 0.391. The third kappa shape index (κ3) is 4.33. The van der Waals surface area contributed by atoms with Gasteiger partial charge < -0.3 is 20.5 Å². The van der Waals surface area contributed by atoms with Gasteiger partial charge >= 0.3 is 0 Å². The van der Waals surface area contributed by atoms with Crippen LogP contribution in [-0.4, -0.2) is 36.6 Å². The Balaban J connectivity index is 1.57. The summed E-state index contributed by atoms with van der Waals surface area (Å²) in [5.41, 5.74) is 11.7. The Hall–Kier alpha value is -2.48. The fourth-order valence-corrected chi connectivity index (χ4v) is 4.79. The SMILES string of the molecule is COCCN[C@H]1CCc2c(-c3nnc(-c4ccc(OC(C)C)c(N)c4)s3)cccc21. The highest BCUT2D eigenvalue weighted by Gasteiger charge is 2.25. The molecule has 158 valence electrons. The molecule has 30 heavy (non-hydrogen) atoms. The molecule has 0 amide bonds. The molecule has 0 saturated heterocycles. The molecule has 1 aliphatic rings. The number of aromatic nitrogens is 2. The van der Waals surface area contributed by atoms with Gasteiger partial charge in [-0.2, -0.15) is 0 Å². The molecule has 4 rings (SSSR count). The van der Waals surface area contributed by atoms with Crippen molar-refractivity contribution in [3.8, 4) is 26.9 Å². The summed E-state index contributed by atoms with van der Waals surface area (Å²) in [5, 5.41) is 14.3. The number of rotatable bonds is 8. The summed E-state index contributed by atoms with van der Waals surface area (Å²) in [6.07, 6.45) is 2.22. The number of ether oxygens (including phenoxy) is 2. The van der Waals surface area contributed by atoms with Gasteiger partial charge in [0, 0.05) is 30.8 Å². The molecule has 0 fully saturated rings. The summed E-state index contributed by atoms with van der Waals surface area (Å²) in [5.74, 6) is 0.700. The Kier molecular flexibility index (Phi) is 6.32. The van der Waals surface area contributed by atoms with Crippen LogP contribution in [0.15, 0.2) is 36.4 Å². The predicted molar refractivity (Wildman–Crippen MR) is 122 cm³/mol. The predicted octanol–water partition coefficient (Wildman–Crippen LogP) is 4.46. The van der Waals surface area contributed by atoms with Gasteiger partial charge in [0.15, 0.2) is 0 Å². The smallest absolute Gasteiger partial charge is 0.148 e. The van der Waals surface area contributed by atoms with E-state index in [1.165, 1.54) is 16.7 Å². The number of hydrogen-bond acceptors (Lipinski definition) is 7. The Labute approximate surface area is 181 Å². The van der Waals surface area contributed by atoms with Gasteiger partial charge in [-0.3, -0.25) is 0 Å². The third-order valence-electron chi connectivity index (χ3n) is 5.24. The van der Waals surface area contributed by atoms with Crippen LogP contribution in [0.25, 0.3) is 21.1 Å². The molecule has 1 atom stereocenters. The molecule has 0 bridgehead atoms. The molecule has 0 unspecified atom stereocenters. The van der Waals surface area contributed by atoms with E-state index in [1.54, 1.807) is 18.4 Å². The fourth-order valence-electron chi connectivity index (χ4n) is 3.89. The van der Waals surface area contributed by atoms with Crippen LogP contribution >= 0.6 is 11.3 Å². The molecule has 7 heteroatoms. The lowest BCUT2D eigenvalue weighted by atomic mass is 10.0. The van der Waals surface area contributed by atoms with Crippen LogP contribution in [0.1, 0.15) is 37.4 Å². The van der Waals surface area contributed by atoms with Crippen LogP contribution in [0.3, 0.4) is 0 Å². The van der Waals surface area contributed by atoms with Crippen molar-refractivity contribution in [3.63, 3.8) is 0 Å². The monoisotopic (exact) mass is 424 g/mol. The van der Waals surface area contributed by atoms with E-state index in [9.17, 15) is 0 Å². The van der Waals surface area contributed by atoms with Crippen molar-refractivity contribution in [2.75, 3.05) is 26.0 Å². The minimum atomic E-state index is 0.0827. The molecule has 1 aromatic heterocycles. The van der Waals surface area contributed by atoms with E-state index >= 15 is 0 Å². The van der Waals surface area contributed by atoms with Crippen LogP contribution in [0, 0.1) is 0 Å². The van der Waals surface area contributed by atoms with Crippen LogP contribution in [-0.2, 0) is 11.2 Å². The highest BCUT2D eigenvalue weighted by atomic mass is 32.1. The zero-order valence-electron chi connectivity index (χ0n) is 17.6. The van der Waals surface area contributed by atoms with Crippen molar-refractivity contribution >= 4 is 17.0 Å². The minimum absolute atomic E-state index is 0.0827. The summed E-state index contributed by atoms with van der Waals surface area (Å²) in [4.78, 5) is 0. The maximum absolute atomic E-state index is 6.18. The lowest BCUT2D eigenvalue weighted by Crippen LogP contribution is -2.23. The van der Waals surface area contributed by atoms with Gasteiger partial charge in [-0.1, -0.05) is 29.5 Å². The molecule has 0 saturated carbocycles. The van der Waals surface area contributed by atoms with Crippen molar-refractivity contribution in [2.45, 2.75) is 38.8 Å². The van der Waals surface area contributed by atoms with Crippen molar-refractivity contribution in [1.82, 2.24) is 15.5 Å². The number of fused-ring (bicyclic) bond motifs is 1. The van der Waals surface area contributed by atoms with Crippen molar-refractivity contribution in [3.05, 3.63) is 47.5 Å². The molecule has 6 nitrogen and oxygen atoms in total. The lowest BCUT2D eigenvalue weighted by Gasteiger charge is -2.14. The quantitative estimate of drug-likeness (QED) is 0.410. The summed E-state index contributed by atoms with van der Waals surface area (Å²) >= 11 is 1.60. The van der Waals surface area contributed by atoms with Crippen LogP contribution in [0.5, 0.6) is 5.75 Å². The highest BCUT2D eigenvalue weighted by molar-refractivity contribution is 7.17. The number of hydrogen-bond donors (Lipinski definition) is 2. The Morgan fingerprint density at radius 2 is 2.03 bits per heavy atom. The molecule has 0 spiro atoms. The number of nitrogens with zero attached hydrogens (tertiary/aromatic N) is 2. The van der Waals surface area contributed by atoms with E-state index in [0.29, 0.717) is 17.5 Å². The van der Waals surface area contributed by atoms with Crippen molar-refractivity contribution in [1.29, 1.82) is 0 Å². The Morgan fingerprint density at radius 1 is 1.20 bits per heavy atom. The van der Waals surface area contributed by atoms with E-state index in [-0.39, 0.29) is 6.10 Å². The first-order valence-electron chi connectivity index (χ1n) is 10.3. The average Bonchev–Trinajstić information content (AvgIpc) is 3.37. The third-order valence-corrected chi connectivity index (χ3v) is 6.25. The minimum Gasteiger partial charge on any atom is -0.489 e. The molecule has 0 aliphatic heterocycles. The second-order valence-electron chi connectivity index (χ2n) is 7.74. The molecular formula is C23H28N4O2S. The first kappa shape index (κ1) is 20.8. The maximum Gasteiger partial charge on any atom is 0.148 e. The molecule has 1 aliphatic carbocycles. The van der Waals surface area contributed by atoms with Crippen molar-refractivity contribution < 1.29 is 9.47 Å². The molecule has 3 aromatic rings. The normalized spacial score (nSPS) is 15.5. The highest BCUT2D eigenvalue weighted by Crippen LogP contribution is 2.40. The molecule has 1 heterocycles. The number of nitrogens with two attached hydrogens (primary N) is 1. The molecule has 2 aromatic carbocycles. The molecule has 3 N–H and O–H groups in total. The summed E-state index contributed by atoms with van der Waals surface area (Å²) in [6, 6.07) is 12.7. The Bertz CT molecular complexity index is 1020. The van der Waals surface area contributed by atoms with Gasteiger partial charge in [0.2, 0.25) is 0 Å². The number of nitrogen functional groups attached to an aromatic ring is 1. The number of nitrogens with one attached hydrogen (secondary N) is 1. The molecular weight excluding hydrogens is 396 g/mol. The summed E-state index contributed by atoms with van der Waals surface area (Å²) < 4.78 is 10.9. The van der Waals surface area contributed by atoms with E-state index in [4.69, 9.17) is 15.2 Å². The first-order chi connectivity index (χ1) is 14.6. The number of benzene rings is 2. The topological polar surface area (TPSA) is 82.3 Å². The lowest BCUT2D eigenvalue weighted by molar-refractivity contribution is 0.195. The molecule has 0 radical (unpaired) electrons. The summed E-state index contributed by atoms with van der Waals surface area (Å²) in [6.45, 7) is 5.54. The first-order valence-corrected chi connectivity index (χ1v) is 11.1. The van der Waals surface area contributed by atoms with Gasteiger partial charge in [0.25, 0.3) is 0 Å². The van der Waals surface area contributed by atoms with Gasteiger partial charge in [-0.15, -0.1) is 10.2 Å². The summed E-state index contributed by atoms with van der Waals surface area (Å²) in [7, 11) is 1.73. The van der Waals surface area contributed by atoms with Gasteiger partial charge in [-0.05, 0) is 56.0 Å². The van der Waals surface area contributed by atoms with Crippen LogP contribution in [0.2, 0.25) is 0 Å². The Morgan fingerprint density at radius 3 is 2.80 bits per heavy atom. The average molecular weight is 425 g/mol. The van der Waals surface area contributed by atoms with E-state index in [0.717, 1.165) is 41.6 Å². The van der Waals surface area contributed by atoms with Gasteiger partial charge in [0.05, 0.1) is 18.4 Å². The van der Waals surface area contributed by atoms with E-state index in [1.807, 2.05) is 32.0 Å². The standard InChI is InChI=1S/C23H28N4O2S/c1-14(2)29-21-10-7-15(13-19(21)24)22-26-27-23(30-22)18-6-4-5-17-16(18)8-9-20(17)25-11-12-28-3/h4-7,10,13-14,20,25H,8-9,11-12,24H2,1-3H3/t20-/m0/s1. The zero-order chi connectivity index (χ0) is 21.1. The second-order valence-corrected chi connectivity index (χ2v) is 8.72. The van der Waals surface area contributed by atoms with Crippen molar-refractivity contribution in [2.24, 2.45) is 0 Å².